The van der Waals surface area contributed by atoms with Gasteiger partial charge in [0.05, 0.1) is 0 Å². The number of hydrogen-bond donors (Lipinski definition) is 3. The van der Waals surface area contributed by atoms with E-state index in [1.54, 1.807) is 36.4 Å². The molecule has 2 atom stereocenters. The SMILES string of the molecule is CC(=O)Oc1ccccc1C1(NC(=O)O)C(=O)N(C)C(=O)N(c2ccccc2)C1N. The highest BCUT2D eigenvalue weighted by Gasteiger charge is 2.59. The highest BCUT2D eigenvalue weighted by molar-refractivity contribution is 6.11. The first-order valence-corrected chi connectivity index (χ1v) is 8.91. The van der Waals surface area contributed by atoms with E-state index in [0.717, 1.165) is 9.80 Å². The Kier molecular flexibility index (Phi) is 5.43. The van der Waals surface area contributed by atoms with Crippen molar-refractivity contribution in [2.75, 3.05) is 11.9 Å². The van der Waals surface area contributed by atoms with E-state index in [9.17, 15) is 24.3 Å². The van der Waals surface area contributed by atoms with Gasteiger partial charge in [0.1, 0.15) is 11.9 Å². The molecule has 3 rings (SSSR count). The molecule has 10 nitrogen and oxygen atoms in total. The number of carbonyl (C=O) groups is 4. The number of nitrogens with zero attached hydrogens (tertiary/aromatic N) is 2. The van der Waals surface area contributed by atoms with Crippen LogP contribution in [0.25, 0.3) is 0 Å². The summed E-state index contributed by atoms with van der Waals surface area (Å²) in [6.45, 7) is 1.17. The lowest BCUT2D eigenvalue weighted by Gasteiger charge is -2.49. The van der Waals surface area contributed by atoms with E-state index >= 15 is 0 Å². The first-order chi connectivity index (χ1) is 14.2. The number of ether oxygens (including phenoxy) is 1. The molecular formula is C20H20N4O6. The maximum absolute atomic E-state index is 13.4. The smallest absolute Gasteiger partial charge is 0.405 e. The summed E-state index contributed by atoms with van der Waals surface area (Å²) >= 11 is 0. The quantitative estimate of drug-likeness (QED) is 0.510. The van der Waals surface area contributed by atoms with Gasteiger partial charge in [-0.1, -0.05) is 36.4 Å². The van der Waals surface area contributed by atoms with Crippen molar-refractivity contribution in [2.24, 2.45) is 5.73 Å². The van der Waals surface area contributed by atoms with Crippen LogP contribution in [0.4, 0.5) is 15.3 Å². The zero-order chi connectivity index (χ0) is 22.1. The second-order valence-corrected chi connectivity index (χ2v) is 6.63. The fourth-order valence-corrected chi connectivity index (χ4v) is 3.49. The summed E-state index contributed by atoms with van der Waals surface area (Å²) in [5.41, 5.74) is 4.62. The Balaban J connectivity index is 2.29. The lowest BCUT2D eigenvalue weighted by atomic mass is 9.82. The van der Waals surface area contributed by atoms with Crippen molar-refractivity contribution in [1.82, 2.24) is 10.2 Å². The Morgan fingerprint density at radius 2 is 1.70 bits per heavy atom. The van der Waals surface area contributed by atoms with E-state index in [2.05, 4.69) is 5.32 Å². The number of urea groups is 1. The van der Waals surface area contributed by atoms with Gasteiger partial charge < -0.3 is 15.6 Å². The second-order valence-electron chi connectivity index (χ2n) is 6.63. The lowest BCUT2D eigenvalue weighted by Crippen LogP contribution is -2.76. The van der Waals surface area contributed by atoms with Gasteiger partial charge >= 0.3 is 18.1 Å². The van der Waals surface area contributed by atoms with Gasteiger partial charge in [-0.25, -0.2) is 9.59 Å². The number of hydrogen-bond acceptors (Lipinski definition) is 6. The van der Waals surface area contributed by atoms with Crippen LogP contribution in [0.5, 0.6) is 5.75 Å². The third-order valence-electron chi connectivity index (χ3n) is 4.76. The summed E-state index contributed by atoms with van der Waals surface area (Å²) < 4.78 is 5.20. The number of carboxylic acid groups (broad SMARTS) is 1. The van der Waals surface area contributed by atoms with Crippen LogP contribution in [0.3, 0.4) is 0 Å². The highest BCUT2D eigenvalue weighted by Crippen LogP contribution is 2.39. The van der Waals surface area contributed by atoms with Crippen molar-refractivity contribution < 1.29 is 29.0 Å². The Labute approximate surface area is 171 Å². The molecule has 156 valence electrons. The molecule has 1 fully saturated rings. The number of esters is 1. The molecule has 1 saturated heterocycles. The number of nitrogens with one attached hydrogen (secondary N) is 1. The molecule has 4 amide bonds. The molecule has 10 heteroatoms. The molecule has 4 N–H and O–H groups in total. The van der Waals surface area contributed by atoms with Crippen LogP contribution in [-0.2, 0) is 15.1 Å². The summed E-state index contributed by atoms with van der Waals surface area (Å²) in [6, 6.07) is 13.5. The third kappa shape index (κ3) is 3.33. The standard InChI is InChI=1S/C20H20N4O6/c1-12(25)30-15-11-7-6-10-14(15)20(22-18(27)28)16(21)24(13-8-4-3-5-9-13)19(29)23(2)17(20)26/h3-11,16,22H,21H2,1-2H3,(H,27,28). The molecule has 0 radical (unpaired) electrons. The van der Waals surface area contributed by atoms with Crippen molar-refractivity contribution in [1.29, 1.82) is 0 Å². The van der Waals surface area contributed by atoms with Crippen LogP contribution in [0.1, 0.15) is 12.5 Å². The molecule has 0 aromatic heterocycles. The number of imide groups is 1. The zero-order valence-electron chi connectivity index (χ0n) is 16.2. The summed E-state index contributed by atoms with van der Waals surface area (Å²) in [4.78, 5) is 51.5. The van der Waals surface area contributed by atoms with Gasteiger partial charge in [0.15, 0.2) is 5.54 Å². The van der Waals surface area contributed by atoms with E-state index in [1.165, 1.54) is 32.2 Å². The Bertz CT molecular complexity index is 1010. The minimum absolute atomic E-state index is 0.000353. The minimum atomic E-state index is -2.14. The monoisotopic (exact) mass is 412 g/mol. The molecule has 1 aliphatic heterocycles. The topological polar surface area (TPSA) is 142 Å². The summed E-state index contributed by atoms with van der Waals surface area (Å²) in [5.74, 6) is -1.64. The zero-order valence-corrected chi connectivity index (χ0v) is 16.2. The third-order valence-corrected chi connectivity index (χ3v) is 4.76. The van der Waals surface area contributed by atoms with Crippen LogP contribution >= 0.6 is 0 Å². The lowest BCUT2D eigenvalue weighted by molar-refractivity contribution is -0.138. The van der Waals surface area contributed by atoms with Crippen molar-refractivity contribution in [2.45, 2.75) is 18.6 Å². The van der Waals surface area contributed by atoms with Gasteiger partial charge in [0, 0.05) is 25.2 Å². The fourth-order valence-electron chi connectivity index (χ4n) is 3.49. The summed E-state index contributed by atoms with van der Waals surface area (Å²) in [6.07, 6.45) is -3.03. The predicted molar refractivity (Wildman–Crippen MR) is 106 cm³/mol. The number of anilines is 1. The average Bonchev–Trinajstić information content (AvgIpc) is 2.70. The van der Waals surface area contributed by atoms with Gasteiger partial charge in [-0.15, -0.1) is 0 Å². The minimum Gasteiger partial charge on any atom is -0.465 e. The van der Waals surface area contributed by atoms with Crippen LogP contribution < -0.4 is 20.7 Å². The highest BCUT2D eigenvalue weighted by atomic mass is 16.5. The molecule has 0 bridgehead atoms. The maximum atomic E-state index is 13.4. The van der Waals surface area contributed by atoms with E-state index in [0.29, 0.717) is 5.69 Å². The number of likely N-dealkylation sites (N-methyl/N-ethyl adjacent to an activating group) is 1. The van der Waals surface area contributed by atoms with E-state index in [-0.39, 0.29) is 11.3 Å². The normalized spacial score (nSPS) is 21.4. The van der Waals surface area contributed by atoms with Gasteiger partial charge in [-0.3, -0.25) is 24.7 Å². The summed E-state index contributed by atoms with van der Waals surface area (Å²) in [7, 11) is 1.22. The maximum Gasteiger partial charge on any atom is 0.405 e. The van der Waals surface area contributed by atoms with Gasteiger partial charge in [0.2, 0.25) is 0 Å². The second kappa shape index (κ2) is 7.84. The molecule has 2 unspecified atom stereocenters. The molecule has 2 aromatic carbocycles. The van der Waals surface area contributed by atoms with Crippen molar-refractivity contribution in [3.05, 3.63) is 60.2 Å². The van der Waals surface area contributed by atoms with Crippen LogP contribution in [0, 0.1) is 0 Å². The molecule has 2 aromatic rings. The fraction of sp³-hybridized carbons (Fsp3) is 0.200. The van der Waals surface area contributed by atoms with Gasteiger partial charge in [-0.2, -0.15) is 0 Å². The molecule has 30 heavy (non-hydrogen) atoms. The number of benzene rings is 2. The van der Waals surface area contributed by atoms with Crippen LogP contribution in [-0.4, -0.2) is 47.2 Å². The molecule has 1 heterocycles. The largest absolute Gasteiger partial charge is 0.465 e. The first kappa shape index (κ1) is 20.8. The number of para-hydroxylation sites is 2. The van der Waals surface area contributed by atoms with Crippen LogP contribution in [0.15, 0.2) is 54.6 Å². The Morgan fingerprint density at radius 3 is 2.30 bits per heavy atom. The van der Waals surface area contributed by atoms with Crippen molar-refractivity contribution >= 4 is 29.7 Å². The first-order valence-electron chi connectivity index (χ1n) is 8.91. The molecule has 0 aliphatic carbocycles. The molecular weight excluding hydrogens is 392 g/mol. The van der Waals surface area contributed by atoms with Crippen LogP contribution in [0.2, 0.25) is 0 Å². The average molecular weight is 412 g/mol. The van der Waals surface area contributed by atoms with Gasteiger partial charge in [-0.05, 0) is 18.2 Å². The predicted octanol–water partition coefficient (Wildman–Crippen LogP) is 1.46. The number of amides is 4. The Hall–Kier alpha value is -3.92. The van der Waals surface area contributed by atoms with E-state index in [4.69, 9.17) is 10.5 Å². The van der Waals surface area contributed by atoms with E-state index < -0.39 is 35.7 Å². The van der Waals surface area contributed by atoms with E-state index in [1.807, 2.05) is 0 Å². The number of carbonyl (C=O) groups excluding carboxylic acids is 3. The Morgan fingerprint density at radius 1 is 1.10 bits per heavy atom. The number of nitrogens with two attached hydrogens (primary N) is 1. The van der Waals surface area contributed by atoms with Gasteiger partial charge in [0.25, 0.3) is 5.91 Å². The summed E-state index contributed by atoms with van der Waals surface area (Å²) in [5, 5.41) is 11.8. The molecule has 0 spiro atoms. The number of rotatable bonds is 4. The van der Waals surface area contributed by atoms with Crippen molar-refractivity contribution in [3.8, 4) is 5.75 Å². The van der Waals surface area contributed by atoms with Crippen molar-refractivity contribution in [3.63, 3.8) is 0 Å². The molecule has 0 saturated carbocycles. The molecule has 1 aliphatic rings.